The van der Waals surface area contributed by atoms with Crippen LogP contribution in [0.3, 0.4) is 0 Å². The number of anilines is 3. The third-order valence-electron chi connectivity index (χ3n) is 10.0. The monoisotopic (exact) mass is 605 g/mol. The second-order valence-corrected chi connectivity index (χ2v) is 13.6. The molecule has 0 saturated heterocycles. The summed E-state index contributed by atoms with van der Waals surface area (Å²) in [5.74, 6) is 0.456. The average molecular weight is 606 g/mol. The first-order valence-electron chi connectivity index (χ1n) is 16.7. The average Bonchev–Trinajstić information content (AvgIpc) is 3.35. The van der Waals surface area contributed by atoms with Crippen LogP contribution in [0.25, 0.3) is 44.2 Å². The van der Waals surface area contributed by atoms with Crippen LogP contribution in [0.15, 0.2) is 158 Å². The SMILES string of the molecule is CC(C)c1cccc2c1-c1ccc(N(c3ccc(-c4ccccc4)cc3)c3ccc4ccccc4c3-c3ccccc3)cc1C2(C)C. The van der Waals surface area contributed by atoms with Crippen LogP contribution in [-0.2, 0) is 5.41 Å². The lowest BCUT2D eigenvalue weighted by atomic mass is 9.81. The summed E-state index contributed by atoms with van der Waals surface area (Å²) in [6.45, 7) is 9.38. The van der Waals surface area contributed by atoms with Crippen LogP contribution >= 0.6 is 0 Å². The Bertz CT molecular complexity index is 2220. The van der Waals surface area contributed by atoms with E-state index in [4.69, 9.17) is 0 Å². The van der Waals surface area contributed by atoms with Gasteiger partial charge in [-0.3, -0.25) is 0 Å². The molecule has 1 nitrogen and oxygen atoms in total. The summed E-state index contributed by atoms with van der Waals surface area (Å²) >= 11 is 0. The molecule has 7 aromatic rings. The van der Waals surface area contributed by atoms with E-state index in [0.29, 0.717) is 5.92 Å². The highest BCUT2D eigenvalue weighted by Crippen LogP contribution is 2.53. The summed E-state index contributed by atoms with van der Waals surface area (Å²) < 4.78 is 0. The van der Waals surface area contributed by atoms with Crippen molar-refractivity contribution in [2.45, 2.75) is 39.0 Å². The van der Waals surface area contributed by atoms with Gasteiger partial charge >= 0.3 is 0 Å². The summed E-state index contributed by atoms with van der Waals surface area (Å²) in [5, 5.41) is 2.49. The molecule has 47 heavy (non-hydrogen) atoms. The van der Waals surface area contributed by atoms with Crippen LogP contribution in [0.4, 0.5) is 17.1 Å². The van der Waals surface area contributed by atoms with Gasteiger partial charge < -0.3 is 4.90 Å². The molecule has 8 rings (SSSR count). The molecule has 1 aliphatic rings. The molecular formula is C46H39N. The maximum absolute atomic E-state index is 2.46. The quantitative estimate of drug-likeness (QED) is 0.182. The maximum atomic E-state index is 2.46. The zero-order valence-electron chi connectivity index (χ0n) is 27.5. The van der Waals surface area contributed by atoms with E-state index in [1.54, 1.807) is 0 Å². The molecule has 228 valence electrons. The van der Waals surface area contributed by atoms with Gasteiger partial charge in [0, 0.05) is 22.4 Å². The zero-order chi connectivity index (χ0) is 32.1. The van der Waals surface area contributed by atoms with Gasteiger partial charge in [-0.25, -0.2) is 0 Å². The highest BCUT2D eigenvalue weighted by atomic mass is 15.1. The lowest BCUT2D eigenvalue weighted by Gasteiger charge is -2.30. The fourth-order valence-electron chi connectivity index (χ4n) is 7.64. The van der Waals surface area contributed by atoms with Crippen molar-refractivity contribution >= 4 is 27.8 Å². The smallest absolute Gasteiger partial charge is 0.0546 e. The molecule has 0 spiro atoms. The third kappa shape index (κ3) is 4.86. The van der Waals surface area contributed by atoms with E-state index in [0.717, 1.165) is 11.4 Å². The Kier molecular flexibility index (Phi) is 7.07. The summed E-state index contributed by atoms with van der Waals surface area (Å²) in [6.07, 6.45) is 0. The molecule has 0 N–H and O–H groups in total. The van der Waals surface area contributed by atoms with Crippen LogP contribution in [0.2, 0.25) is 0 Å². The number of hydrogen-bond acceptors (Lipinski definition) is 1. The Morgan fingerprint density at radius 2 is 1.13 bits per heavy atom. The summed E-state index contributed by atoms with van der Waals surface area (Å²) in [4.78, 5) is 2.46. The zero-order valence-corrected chi connectivity index (χ0v) is 27.5. The number of hydrogen-bond donors (Lipinski definition) is 0. The van der Waals surface area contributed by atoms with Gasteiger partial charge in [-0.2, -0.15) is 0 Å². The lowest BCUT2D eigenvalue weighted by molar-refractivity contribution is 0.659. The largest absolute Gasteiger partial charge is 0.310 e. The normalized spacial score (nSPS) is 13.0. The molecule has 0 atom stereocenters. The molecular weight excluding hydrogens is 567 g/mol. The summed E-state index contributed by atoms with van der Waals surface area (Å²) in [7, 11) is 0. The minimum atomic E-state index is -0.111. The van der Waals surface area contributed by atoms with Crippen molar-refractivity contribution in [2.75, 3.05) is 4.90 Å². The number of rotatable bonds is 6. The lowest BCUT2D eigenvalue weighted by Crippen LogP contribution is -2.17. The molecule has 0 aliphatic heterocycles. The van der Waals surface area contributed by atoms with Crippen LogP contribution in [0.5, 0.6) is 0 Å². The topological polar surface area (TPSA) is 3.24 Å². The van der Waals surface area contributed by atoms with E-state index in [1.165, 1.54) is 66.5 Å². The Hall–Kier alpha value is -5.40. The predicted octanol–water partition coefficient (Wildman–Crippen LogP) is 13.1. The Morgan fingerprint density at radius 1 is 0.489 bits per heavy atom. The van der Waals surface area contributed by atoms with Crippen molar-refractivity contribution in [3.63, 3.8) is 0 Å². The Balaban J connectivity index is 1.37. The van der Waals surface area contributed by atoms with Crippen LogP contribution < -0.4 is 4.90 Å². The van der Waals surface area contributed by atoms with E-state index in [9.17, 15) is 0 Å². The van der Waals surface area contributed by atoms with Crippen molar-refractivity contribution in [1.82, 2.24) is 0 Å². The molecule has 0 heterocycles. The van der Waals surface area contributed by atoms with E-state index < -0.39 is 0 Å². The molecule has 0 amide bonds. The van der Waals surface area contributed by atoms with Crippen LogP contribution in [0, 0.1) is 0 Å². The minimum absolute atomic E-state index is 0.111. The molecule has 0 unspecified atom stereocenters. The van der Waals surface area contributed by atoms with Gasteiger partial charge in [-0.15, -0.1) is 0 Å². The predicted molar refractivity (Wildman–Crippen MR) is 201 cm³/mol. The second-order valence-electron chi connectivity index (χ2n) is 13.6. The number of nitrogens with zero attached hydrogens (tertiary/aromatic N) is 1. The van der Waals surface area contributed by atoms with Crippen LogP contribution in [0.1, 0.15) is 50.3 Å². The fourth-order valence-corrected chi connectivity index (χ4v) is 7.64. The second kappa shape index (κ2) is 11.4. The molecule has 0 bridgehead atoms. The molecule has 0 saturated carbocycles. The van der Waals surface area contributed by atoms with Gasteiger partial charge in [0.2, 0.25) is 0 Å². The van der Waals surface area contributed by atoms with Gasteiger partial charge in [0.1, 0.15) is 0 Å². The van der Waals surface area contributed by atoms with Crippen molar-refractivity contribution < 1.29 is 0 Å². The summed E-state index contributed by atoms with van der Waals surface area (Å²) in [5.41, 5.74) is 15.2. The molecule has 0 radical (unpaired) electrons. The molecule has 7 aromatic carbocycles. The van der Waals surface area contributed by atoms with Gasteiger partial charge in [-0.05, 0) is 91.5 Å². The van der Waals surface area contributed by atoms with Gasteiger partial charge in [0.25, 0.3) is 0 Å². The maximum Gasteiger partial charge on any atom is 0.0546 e. The standard InChI is InChI=1S/C46H39N/c1-31(2)38-20-13-21-41-45(38)40-28-27-37(30-42(40)46(41,3)4)47(36-25-22-33(23-26-36)32-14-7-5-8-15-32)43-29-24-34-16-11-12-19-39(34)44(43)35-17-9-6-10-18-35/h5-31H,1-4H3. The van der Waals surface area contributed by atoms with E-state index in [2.05, 4.69) is 190 Å². The molecule has 0 aromatic heterocycles. The first-order valence-corrected chi connectivity index (χ1v) is 16.7. The van der Waals surface area contributed by atoms with Crippen molar-refractivity contribution in [3.05, 3.63) is 174 Å². The van der Waals surface area contributed by atoms with E-state index in [-0.39, 0.29) is 5.41 Å². The van der Waals surface area contributed by atoms with Gasteiger partial charge in [0.05, 0.1) is 5.69 Å². The van der Waals surface area contributed by atoms with Crippen LogP contribution in [-0.4, -0.2) is 0 Å². The molecule has 1 aliphatic carbocycles. The highest BCUT2D eigenvalue weighted by Gasteiger charge is 2.37. The van der Waals surface area contributed by atoms with Crippen molar-refractivity contribution in [3.8, 4) is 33.4 Å². The fraction of sp³-hybridized carbons (Fsp3) is 0.130. The summed E-state index contributed by atoms with van der Waals surface area (Å²) in [6, 6.07) is 57.9. The first-order chi connectivity index (χ1) is 22.9. The highest BCUT2D eigenvalue weighted by molar-refractivity contribution is 6.05. The Morgan fingerprint density at radius 3 is 1.85 bits per heavy atom. The van der Waals surface area contributed by atoms with Gasteiger partial charge in [-0.1, -0.05) is 155 Å². The number of benzene rings is 7. The third-order valence-corrected chi connectivity index (χ3v) is 10.0. The Labute approximate surface area is 278 Å². The molecule has 1 heteroatoms. The molecule has 0 fully saturated rings. The van der Waals surface area contributed by atoms with E-state index >= 15 is 0 Å². The van der Waals surface area contributed by atoms with Gasteiger partial charge in [0.15, 0.2) is 0 Å². The minimum Gasteiger partial charge on any atom is -0.310 e. The first kappa shape index (κ1) is 29.0. The van der Waals surface area contributed by atoms with Crippen molar-refractivity contribution in [1.29, 1.82) is 0 Å². The van der Waals surface area contributed by atoms with Crippen molar-refractivity contribution in [2.24, 2.45) is 0 Å². The number of fused-ring (bicyclic) bond motifs is 4. The van der Waals surface area contributed by atoms with E-state index in [1.807, 2.05) is 0 Å².